The second kappa shape index (κ2) is 59.7. The second-order valence-electron chi connectivity index (χ2n) is 20.6. The van der Waals surface area contributed by atoms with E-state index in [0.717, 1.165) is 96.3 Å². The summed E-state index contributed by atoms with van der Waals surface area (Å²) in [5, 5.41) is 0. The third-order valence-electron chi connectivity index (χ3n) is 13.5. The van der Waals surface area contributed by atoms with Crippen LogP contribution in [0, 0.1) is 0 Å². The van der Waals surface area contributed by atoms with E-state index in [4.69, 9.17) is 14.2 Å². The van der Waals surface area contributed by atoms with Crippen molar-refractivity contribution >= 4 is 17.9 Å². The Balaban J connectivity index is 4.29. The van der Waals surface area contributed by atoms with Crippen LogP contribution in [-0.2, 0) is 28.6 Å². The summed E-state index contributed by atoms with van der Waals surface area (Å²) in [6, 6.07) is 0. The Morgan fingerprint density at radius 3 is 0.817 bits per heavy atom. The van der Waals surface area contributed by atoms with Crippen LogP contribution < -0.4 is 0 Å². The van der Waals surface area contributed by atoms with Gasteiger partial charge in [0.1, 0.15) is 13.2 Å². The van der Waals surface area contributed by atoms with E-state index in [2.05, 4.69) is 81.5 Å². The van der Waals surface area contributed by atoms with Gasteiger partial charge in [-0.05, 0) is 89.9 Å². The molecular formula is C65H116O6. The van der Waals surface area contributed by atoms with Crippen LogP contribution >= 0.6 is 0 Å². The molecule has 0 spiro atoms. The zero-order valence-electron chi connectivity index (χ0n) is 47.2. The van der Waals surface area contributed by atoms with Crippen LogP contribution in [0.15, 0.2) is 60.8 Å². The molecule has 412 valence electrons. The maximum atomic E-state index is 12.9. The van der Waals surface area contributed by atoms with E-state index in [1.165, 1.54) is 180 Å². The predicted octanol–water partition coefficient (Wildman–Crippen LogP) is 20.8. The molecular weight excluding hydrogens is 877 g/mol. The monoisotopic (exact) mass is 993 g/mol. The normalized spacial score (nSPS) is 12.4. The summed E-state index contributed by atoms with van der Waals surface area (Å²) in [7, 11) is 0. The molecule has 71 heavy (non-hydrogen) atoms. The molecule has 0 aliphatic heterocycles. The molecule has 0 radical (unpaired) electrons. The molecule has 1 unspecified atom stereocenters. The topological polar surface area (TPSA) is 78.9 Å². The van der Waals surface area contributed by atoms with E-state index in [-0.39, 0.29) is 31.1 Å². The molecule has 0 saturated carbocycles. The quantitative estimate of drug-likeness (QED) is 0.0261. The number of unbranched alkanes of at least 4 members (excludes halogenated alkanes) is 35. The van der Waals surface area contributed by atoms with Gasteiger partial charge in [0, 0.05) is 19.3 Å². The van der Waals surface area contributed by atoms with Gasteiger partial charge in [-0.1, -0.05) is 268 Å². The van der Waals surface area contributed by atoms with Crippen molar-refractivity contribution in [2.75, 3.05) is 13.2 Å². The highest BCUT2D eigenvalue weighted by Crippen LogP contribution is 2.16. The van der Waals surface area contributed by atoms with E-state index < -0.39 is 6.10 Å². The van der Waals surface area contributed by atoms with Crippen molar-refractivity contribution in [2.24, 2.45) is 0 Å². The van der Waals surface area contributed by atoms with Crippen molar-refractivity contribution in [3.05, 3.63) is 60.8 Å². The fraction of sp³-hybridized carbons (Fsp3) is 0.800. The maximum absolute atomic E-state index is 12.9. The summed E-state index contributed by atoms with van der Waals surface area (Å²) in [4.78, 5) is 38.2. The minimum Gasteiger partial charge on any atom is -0.462 e. The molecule has 0 fully saturated rings. The average Bonchev–Trinajstić information content (AvgIpc) is 3.37. The van der Waals surface area contributed by atoms with Crippen molar-refractivity contribution in [3.8, 4) is 0 Å². The lowest BCUT2D eigenvalue weighted by atomic mass is 10.0. The number of rotatable bonds is 56. The van der Waals surface area contributed by atoms with Crippen molar-refractivity contribution in [3.63, 3.8) is 0 Å². The Kier molecular flexibility index (Phi) is 57.2. The highest BCUT2D eigenvalue weighted by Gasteiger charge is 2.19. The first-order valence-electron chi connectivity index (χ1n) is 30.8. The van der Waals surface area contributed by atoms with Crippen molar-refractivity contribution < 1.29 is 28.6 Å². The van der Waals surface area contributed by atoms with Crippen LogP contribution in [0.4, 0.5) is 0 Å². The highest BCUT2D eigenvalue weighted by molar-refractivity contribution is 5.71. The minimum absolute atomic E-state index is 0.0782. The van der Waals surface area contributed by atoms with Gasteiger partial charge in [-0.25, -0.2) is 0 Å². The summed E-state index contributed by atoms with van der Waals surface area (Å²) in [5.41, 5.74) is 0. The average molecular weight is 994 g/mol. The van der Waals surface area contributed by atoms with Gasteiger partial charge >= 0.3 is 17.9 Å². The molecule has 0 N–H and O–H groups in total. The van der Waals surface area contributed by atoms with Gasteiger partial charge in [0.2, 0.25) is 0 Å². The number of allylic oxidation sites excluding steroid dienone is 10. The fourth-order valence-corrected chi connectivity index (χ4v) is 8.83. The Bertz CT molecular complexity index is 1280. The molecule has 0 aromatic rings. The predicted molar refractivity (Wildman–Crippen MR) is 307 cm³/mol. The number of carbonyl (C=O) groups is 3. The molecule has 1 atom stereocenters. The number of carbonyl (C=O) groups excluding carboxylic acids is 3. The smallest absolute Gasteiger partial charge is 0.306 e. The fourth-order valence-electron chi connectivity index (χ4n) is 8.83. The van der Waals surface area contributed by atoms with Crippen LogP contribution in [0.1, 0.15) is 316 Å². The van der Waals surface area contributed by atoms with E-state index in [0.29, 0.717) is 19.3 Å². The molecule has 6 nitrogen and oxygen atoms in total. The SMILES string of the molecule is CCCCC/C=C\C/C=C\CCCCCCCC(=O)OC(COC(=O)CCCCCCCCCCCC/C=C\C/C=C\C/C=C\CCCCCCC)COC(=O)CCCCCCCCCCCCCCC. The number of hydrogen-bond acceptors (Lipinski definition) is 6. The Morgan fingerprint density at radius 1 is 0.282 bits per heavy atom. The second-order valence-corrected chi connectivity index (χ2v) is 20.6. The van der Waals surface area contributed by atoms with E-state index >= 15 is 0 Å². The number of hydrogen-bond donors (Lipinski definition) is 0. The summed E-state index contributed by atoms with van der Waals surface area (Å²) < 4.78 is 16.9. The number of ether oxygens (including phenoxy) is 3. The Labute approximate surface area is 440 Å². The van der Waals surface area contributed by atoms with Gasteiger partial charge in [0.05, 0.1) is 0 Å². The minimum atomic E-state index is -0.781. The first kappa shape index (κ1) is 68.1. The first-order chi connectivity index (χ1) is 35.0. The summed E-state index contributed by atoms with van der Waals surface area (Å²) in [6.07, 6.45) is 75.0. The van der Waals surface area contributed by atoms with E-state index in [9.17, 15) is 14.4 Å². The van der Waals surface area contributed by atoms with Crippen LogP contribution in [0.3, 0.4) is 0 Å². The lowest BCUT2D eigenvalue weighted by molar-refractivity contribution is -0.167. The van der Waals surface area contributed by atoms with Gasteiger partial charge in [-0.2, -0.15) is 0 Å². The van der Waals surface area contributed by atoms with Gasteiger partial charge in [0.25, 0.3) is 0 Å². The van der Waals surface area contributed by atoms with Gasteiger partial charge in [-0.15, -0.1) is 0 Å². The molecule has 0 aromatic carbocycles. The van der Waals surface area contributed by atoms with Gasteiger partial charge in [-0.3, -0.25) is 14.4 Å². The van der Waals surface area contributed by atoms with Crippen LogP contribution in [0.2, 0.25) is 0 Å². The van der Waals surface area contributed by atoms with Crippen molar-refractivity contribution in [2.45, 2.75) is 322 Å². The standard InChI is InChI=1S/C65H116O6/c1-4-7-10-13-16-19-22-25-27-28-29-30-31-32-33-34-35-36-38-40-43-46-49-52-55-58-64(67)70-61-62(60-69-63(66)57-54-51-48-45-42-39-24-21-18-15-12-9-6-3)71-65(68)59-56-53-50-47-44-41-37-26-23-20-17-14-11-8-5-2/h17,20,22,25-26,28-29,31-32,37,62H,4-16,18-19,21,23-24,27,30,33-36,38-61H2,1-3H3/b20-17-,25-22-,29-28-,32-31-,37-26-. The zero-order valence-corrected chi connectivity index (χ0v) is 47.2. The molecule has 0 rings (SSSR count). The molecule has 0 bridgehead atoms. The zero-order chi connectivity index (χ0) is 51.4. The third kappa shape index (κ3) is 57.9. The van der Waals surface area contributed by atoms with Gasteiger partial charge < -0.3 is 14.2 Å². The summed E-state index contributed by atoms with van der Waals surface area (Å²) >= 11 is 0. The maximum Gasteiger partial charge on any atom is 0.306 e. The Morgan fingerprint density at radius 2 is 0.507 bits per heavy atom. The van der Waals surface area contributed by atoms with Gasteiger partial charge in [0.15, 0.2) is 6.10 Å². The molecule has 0 saturated heterocycles. The summed E-state index contributed by atoms with van der Waals surface area (Å²) in [6.45, 7) is 6.62. The van der Waals surface area contributed by atoms with E-state index in [1.807, 2.05) is 0 Å². The molecule has 0 aliphatic carbocycles. The largest absolute Gasteiger partial charge is 0.462 e. The summed E-state index contributed by atoms with van der Waals surface area (Å²) in [5.74, 6) is -0.882. The Hall–Kier alpha value is -2.89. The van der Waals surface area contributed by atoms with Crippen LogP contribution in [0.25, 0.3) is 0 Å². The lowest BCUT2D eigenvalue weighted by Crippen LogP contribution is -2.30. The molecule has 0 aromatic heterocycles. The molecule has 0 heterocycles. The molecule has 0 amide bonds. The van der Waals surface area contributed by atoms with E-state index in [1.54, 1.807) is 0 Å². The number of esters is 3. The molecule has 0 aliphatic rings. The highest BCUT2D eigenvalue weighted by atomic mass is 16.6. The van der Waals surface area contributed by atoms with Crippen LogP contribution in [0.5, 0.6) is 0 Å². The van der Waals surface area contributed by atoms with Crippen molar-refractivity contribution in [1.29, 1.82) is 0 Å². The lowest BCUT2D eigenvalue weighted by Gasteiger charge is -2.18. The molecule has 6 heteroatoms. The van der Waals surface area contributed by atoms with Crippen molar-refractivity contribution in [1.82, 2.24) is 0 Å². The van der Waals surface area contributed by atoms with Crippen LogP contribution in [-0.4, -0.2) is 37.2 Å². The first-order valence-corrected chi connectivity index (χ1v) is 30.8. The third-order valence-corrected chi connectivity index (χ3v) is 13.5.